The van der Waals surface area contributed by atoms with Crippen LogP contribution in [0.3, 0.4) is 0 Å². The van der Waals surface area contributed by atoms with Gasteiger partial charge in [-0.3, -0.25) is 0 Å². The summed E-state index contributed by atoms with van der Waals surface area (Å²) >= 11 is 0. The molecular weight excluding hydrogens is 224 g/mol. The summed E-state index contributed by atoms with van der Waals surface area (Å²) in [6, 6.07) is 2.50. The first-order valence-corrected chi connectivity index (χ1v) is 6.80. The fraction of sp³-hybridized carbons (Fsp3) is 0.571. The van der Waals surface area contributed by atoms with E-state index in [1.807, 2.05) is 6.07 Å². The largest absolute Gasteiger partial charge is 0.397 e. The van der Waals surface area contributed by atoms with Crippen LogP contribution in [0.25, 0.3) is 11.2 Å². The minimum absolute atomic E-state index is 0.418. The van der Waals surface area contributed by atoms with E-state index in [0.29, 0.717) is 17.6 Å². The van der Waals surface area contributed by atoms with Gasteiger partial charge in [0, 0.05) is 12.0 Å². The van der Waals surface area contributed by atoms with Crippen LogP contribution in [-0.4, -0.2) is 14.5 Å². The molecule has 0 bridgehead atoms. The van der Waals surface area contributed by atoms with Gasteiger partial charge in [0.25, 0.3) is 0 Å². The highest BCUT2D eigenvalue weighted by Gasteiger charge is 2.24. The second-order valence-corrected chi connectivity index (χ2v) is 5.54. The molecule has 18 heavy (non-hydrogen) atoms. The Kier molecular flexibility index (Phi) is 2.73. The minimum Gasteiger partial charge on any atom is -0.397 e. The predicted octanol–water partition coefficient (Wildman–Crippen LogP) is 3.25. The number of nitrogens with two attached hydrogens (primary N) is 1. The van der Waals surface area contributed by atoms with E-state index in [1.54, 1.807) is 6.20 Å². The van der Waals surface area contributed by atoms with E-state index in [0.717, 1.165) is 17.0 Å². The van der Waals surface area contributed by atoms with Crippen molar-refractivity contribution < 1.29 is 0 Å². The van der Waals surface area contributed by atoms with Gasteiger partial charge in [0.15, 0.2) is 5.65 Å². The second kappa shape index (κ2) is 4.26. The first-order valence-electron chi connectivity index (χ1n) is 6.80. The Morgan fingerprint density at radius 3 is 2.72 bits per heavy atom. The maximum absolute atomic E-state index is 5.80. The van der Waals surface area contributed by atoms with Crippen molar-refractivity contribution in [1.82, 2.24) is 14.5 Å². The van der Waals surface area contributed by atoms with Gasteiger partial charge in [-0.25, -0.2) is 9.97 Å². The van der Waals surface area contributed by atoms with E-state index in [4.69, 9.17) is 10.7 Å². The first-order chi connectivity index (χ1) is 8.66. The number of hydrogen-bond acceptors (Lipinski definition) is 3. The Hall–Kier alpha value is -1.58. The zero-order valence-electron chi connectivity index (χ0n) is 11.1. The van der Waals surface area contributed by atoms with Crippen molar-refractivity contribution in [2.75, 3.05) is 5.73 Å². The van der Waals surface area contributed by atoms with Crippen LogP contribution >= 0.6 is 0 Å². The summed E-state index contributed by atoms with van der Waals surface area (Å²) in [4.78, 5) is 9.24. The van der Waals surface area contributed by atoms with Crippen LogP contribution < -0.4 is 5.73 Å². The monoisotopic (exact) mass is 244 g/mol. The number of pyridine rings is 1. The maximum atomic E-state index is 5.80. The Bertz CT molecular complexity index is 564. The Morgan fingerprint density at radius 2 is 2.06 bits per heavy atom. The molecule has 2 heterocycles. The lowest BCUT2D eigenvalue weighted by atomic mass is 10.2. The molecule has 1 fully saturated rings. The van der Waals surface area contributed by atoms with Gasteiger partial charge in [-0.15, -0.1) is 0 Å². The van der Waals surface area contributed by atoms with Crippen LogP contribution in [0, 0.1) is 0 Å². The summed E-state index contributed by atoms with van der Waals surface area (Å²) in [7, 11) is 0. The van der Waals surface area contributed by atoms with E-state index in [9.17, 15) is 0 Å². The summed E-state index contributed by atoms with van der Waals surface area (Å²) in [5.74, 6) is 1.57. The summed E-state index contributed by atoms with van der Waals surface area (Å²) < 4.78 is 2.35. The quantitative estimate of drug-likeness (QED) is 0.882. The molecule has 3 rings (SSSR count). The van der Waals surface area contributed by atoms with E-state index >= 15 is 0 Å². The van der Waals surface area contributed by atoms with Gasteiger partial charge < -0.3 is 10.3 Å². The summed E-state index contributed by atoms with van der Waals surface area (Å²) in [5.41, 5.74) is 8.43. The van der Waals surface area contributed by atoms with Crippen LogP contribution in [0.15, 0.2) is 12.3 Å². The zero-order chi connectivity index (χ0) is 12.7. The fourth-order valence-electron chi connectivity index (χ4n) is 2.94. The van der Waals surface area contributed by atoms with E-state index in [1.165, 1.54) is 25.7 Å². The van der Waals surface area contributed by atoms with Gasteiger partial charge in [0.1, 0.15) is 11.3 Å². The molecule has 2 aromatic rings. The van der Waals surface area contributed by atoms with E-state index in [2.05, 4.69) is 23.4 Å². The van der Waals surface area contributed by atoms with Gasteiger partial charge in [-0.2, -0.15) is 0 Å². The topological polar surface area (TPSA) is 56.7 Å². The number of nitrogens with zero attached hydrogens (tertiary/aromatic N) is 3. The van der Waals surface area contributed by atoms with Crippen LogP contribution in [-0.2, 0) is 0 Å². The standard InChI is InChI=1S/C14H20N4/c1-9(2)13-17-12-7-10(15)8-16-14(12)18(13)11-5-3-4-6-11/h7-9,11H,3-6,15H2,1-2H3. The number of aromatic nitrogens is 3. The highest BCUT2D eigenvalue weighted by atomic mass is 15.2. The van der Waals surface area contributed by atoms with Crippen molar-refractivity contribution in [3.05, 3.63) is 18.1 Å². The minimum atomic E-state index is 0.418. The van der Waals surface area contributed by atoms with Crippen LogP contribution in [0.4, 0.5) is 5.69 Å². The number of fused-ring (bicyclic) bond motifs is 1. The predicted molar refractivity (Wildman–Crippen MR) is 73.5 cm³/mol. The van der Waals surface area contributed by atoms with Crippen LogP contribution in [0.1, 0.15) is 57.3 Å². The molecule has 0 atom stereocenters. The Morgan fingerprint density at radius 1 is 1.33 bits per heavy atom. The number of nitrogen functional groups attached to an aromatic ring is 1. The lowest BCUT2D eigenvalue weighted by Crippen LogP contribution is -2.11. The molecule has 0 spiro atoms. The zero-order valence-corrected chi connectivity index (χ0v) is 11.1. The van der Waals surface area contributed by atoms with Crippen LogP contribution in [0.2, 0.25) is 0 Å². The molecule has 96 valence electrons. The third-order valence-corrected chi connectivity index (χ3v) is 3.78. The Labute approximate surface area is 107 Å². The smallest absolute Gasteiger partial charge is 0.160 e. The van der Waals surface area contributed by atoms with E-state index < -0.39 is 0 Å². The number of rotatable bonds is 2. The van der Waals surface area contributed by atoms with Gasteiger partial charge in [-0.05, 0) is 18.9 Å². The van der Waals surface area contributed by atoms with Gasteiger partial charge >= 0.3 is 0 Å². The molecule has 0 unspecified atom stereocenters. The molecule has 1 saturated carbocycles. The first kappa shape index (κ1) is 11.5. The van der Waals surface area contributed by atoms with Crippen molar-refractivity contribution in [2.24, 2.45) is 0 Å². The lowest BCUT2D eigenvalue weighted by molar-refractivity contribution is 0.496. The fourth-order valence-corrected chi connectivity index (χ4v) is 2.94. The van der Waals surface area contributed by atoms with E-state index in [-0.39, 0.29) is 0 Å². The second-order valence-electron chi connectivity index (χ2n) is 5.54. The van der Waals surface area contributed by atoms with Crippen molar-refractivity contribution in [3.8, 4) is 0 Å². The summed E-state index contributed by atoms with van der Waals surface area (Å²) in [6.07, 6.45) is 6.86. The van der Waals surface area contributed by atoms with Crippen molar-refractivity contribution in [1.29, 1.82) is 0 Å². The van der Waals surface area contributed by atoms with Crippen molar-refractivity contribution in [2.45, 2.75) is 51.5 Å². The summed E-state index contributed by atoms with van der Waals surface area (Å²) in [5, 5.41) is 0. The van der Waals surface area contributed by atoms with Gasteiger partial charge in [-0.1, -0.05) is 26.7 Å². The lowest BCUT2D eigenvalue weighted by Gasteiger charge is -2.17. The average Bonchev–Trinajstić information content (AvgIpc) is 2.92. The number of anilines is 1. The maximum Gasteiger partial charge on any atom is 0.160 e. The molecule has 1 aliphatic rings. The molecule has 1 aliphatic carbocycles. The molecule has 0 saturated heterocycles. The molecule has 2 N–H and O–H groups in total. The third kappa shape index (κ3) is 1.76. The summed E-state index contributed by atoms with van der Waals surface area (Å²) in [6.45, 7) is 4.38. The third-order valence-electron chi connectivity index (χ3n) is 3.78. The normalized spacial score (nSPS) is 17.1. The SMILES string of the molecule is CC(C)c1nc2cc(N)cnc2n1C1CCCC1. The van der Waals surface area contributed by atoms with Crippen molar-refractivity contribution >= 4 is 16.9 Å². The number of imidazole rings is 1. The Balaban J connectivity index is 2.21. The molecule has 2 aromatic heterocycles. The average molecular weight is 244 g/mol. The molecule has 0 amide bonds. The highest BCUT2D eigenvalue weighted by molar-refractivity contribution is 5.75. The molecule has 4 nitrogen and oxygen atoms in total. The van der Waals surface area contributed by atoms with Gasteiger partial charge in [0.2, 0.25) is 0 Å². The molecule has 4 heteroatoms. The molecule has 0 radical (unpaired) electrons. The number of hydrogen-bond donors (Lipinski definition) is 1. The molecule has 0 aliphatic heterocycles. The highest BCUT2D eigenvalue weighted by Crippen LogP contribution is 2.35. The van der Waals surface area contributed by atoms with Crippen LogP contribution in [0.5, 0.6) is 0 Å². The van der Waals surface area contributed by atoms with Crippen molar-refractivity contribution in [3.63, 3.8) is 0 Å². The molecular formula is C14H20N4. The molecule has 0 aromatic carbocycles. The van der Waals surface area contributed by atoms with Gasteiger partial charge in [0.05, 0.1) is 11.9 Å².